The molecule has 0 bridgehead atoms. The summed E-state index contributed by atoms with van der Waals surface area (Å²) in [6, 6.07) is 6.75. The molecule has 2 N–H and O–H groups in total. The number of phenols is 1. The molecule has 5 heteroatoms. The second-order valence-electron chi connectivity index (χ2n) is 5.69. The van der Waals surface area contributed by atoms with Crippen LogP contribution in [0, 0.1) is 0 Å². The lowest BCUT2D eigenvalue weighted by Gasteiger charge is -2.24. The highest BCUT2D eigenvalue weighted by Gasteiger charge is 2.28. The molecule has 2 rings (SSSR count). The van der Waals surface area contributed by atoms with Crippen molar-refractivity contribution in [3.63, 3.8) is 0 Å². The van der Waals surface area contributed by atoms with E-state index < -0.39 is 10.0 Å². The zero-order valence-electron chi connectivity index (χ0n) is 11.9. The standard InChI is InChI=1S/C15H23NO3S/c1-12(11-13-7-9-14(17)10-8-13)16-20(18,19)15-5-3-2-4-6-15/h7-10,12,15-17H,2-6,11H2,1H3/t12-/m1/s1. The van der Waals surface area contributed by atoms with Crippen molar-refractivity contribution in [2.75, 3.05) is 0 Å². The van der Waals surface area contributed by atoms with E-state index in [-0.39, 0.29) is 17.0 Å². The van der Waals surface area contributed by atoms with E-state index in [9.17, 15) is 13.5 Å². The van der Waals surface area contributed by atoms with Gasteiger partial charge < -0.3 is 5.11 Å². The number of nitrogens with one attached hydrogen (secondary N) is 1. The van der Waals surface area contributed by atoms with E-state index in [1.807, 2.05) is 19.1 Å². The van der Waals surface area contributed by atoms with Crippen LogP contribution < -0.4 is 4.72 Å². The molecule has 1 atom stereocenters. The molecule has 0 spiro atoms. The van der Waals surface area contributed by atoms with Gasteiger partial charge in [0.1, 0.15) is 5.75 Å². The summed E-state index contributed by atoms with van der Waals surface area (Å²) in [6.45, 7) is 1.88. The van der Waals surface area contributed by atoms with E-state index in [0.29, 0.717) is 6.42 Å². The number of hydrogen-bond acceptors (Lipinski definition) is 3. The van der Waals surface area contributed by atoms with Crippen LogP contribution in [0.15, 0.2) is 24.3 Å². The Morgan fingerprint density at radius 2 is 1.80 bits per heavy atom. The van der Waals surface area contributed by atoms with Crippen LogP contribution in [0.2, 0.25) is 0 Å². The van der Waals surface area contributed by atoms with Crippen molar-refractivity contribution in [2.45, 2.75) is 56.7 Å². The Morgan fingerprint density at radius 1 is 1.20 bits per heavy atom. The lowest BCUT2D eigenvalue weighted by Crippen LogP contribution is -2.41. The maximum Gasteiger partial charge on any atom is 0.214 e. The topological polar surface area (TPSA) is 66.4 Å². The fraction of sp³-hybridized carbons (Fsp3) is 0.600. The van der Waals surface area contributed by atoms with Gasteiger partial charge in [-0.2, -0.15) is 0 Å². The third-order valence-electron chi connectivity index (χ3n) is 3.83. The Labute approximate surface area is 121 Å². The van der Waals surface area contributed by atoms with Crippen LogP contribution >= 0.6 is 0 Å². The maximum absolute atomic E-state index is 12.3. The van der Waals surface area contributed by atoms with Gasteiger partial charge in [-0.25, -0.2) is 13.1 Å². The molecule has 0 aromatic heterocycles. The predicted octanol–water partition coefficient (Wildman–Crippen LogP) is 2.58. The number of hydrogen-bond donors (Lipinski definition) is 2. The first kappa shape index (κ1) is 15.3. The lowest BCUT2D eigenvalue weighted by atomic mass is 10.0. The Hall–Kier alpha value is -1.07. The zero-order chi connectivity index (χ0) is 14.6. The molecule has 1 fully saturated rings. The van der Waals surface area contributed by atoms with Crippen molar-refractivity contribution in [3.8, 4) is 5.75 Å². The lowest BCUT2D eigenvalue weighted by molar-refractivity contribution is 0.470. The van der Waals surface area contributed by atoms with Crippen LogP contribution in [-0.2, 0) is 16.4 Å². The molecular weight excluding hydrogens is 274 g/mol. The summed E-state index contributed by atoms with van der Waals surface area (Å²) in [5.41, 5.74) is 1.02. The number of benzene rings is 1. The summed E-state index contributed by atoms with van der Waals surface area (Å²) in [5, 5.41) is 9.01. The molecule has 20 heavy (non-hydrogen) atoms. The van der Waals surface area contributed by atoms with Crippen LogP contribution in [0.1, 0.15) is 44.6 Å². The first-order valence-electron chi connectivity index (χ1n) is 7.26. The zero-order valence-corrected chi connectivity index (χ0v) is 12.7. The molecule has 1 aliphatic rings. The Morgan fingerprint density at radius 3 is 2.40 bits per heavy atom. The van der Waals surface area contributed by atoms with Crippen molar-refractivity contribution in [1.29, 1.82) is 0 Å². The van der Waals surface area contributed by atoms with Crippen LogP contribution in [0.4, 0.5) is 0 Å². The van der Waals surface area contributed by atoms with Gasteiger partial charge in [0.05, 0.1) is 5.25 Å². The molecule has 1 saturated carbocycles. The minimum Gasteiger partial charge on any atom is -0.508 e. The molecule has 0 amide bonds. The van der Waals surface area contributed by atoms with Crippen LogP contribution in [0.25, 0.3) is 0 Å². The van der Waals surface area contributed by atoms with Crippen molar-refractivity contribution >= 4 is 10.0 Å². The minimum atomic E-state index is -3.21. The monoisotopic (exact) mass is 297 g/mol. The SMILES string of the molecule is C[C@H](Cc1ccc(O)cc1)NS(=O)(=O)C1CCCCC1. The highest BCUT2D eigenvalue weighted by molar-refractivity contribution is 7.90. The molecule has 1 aliphatic carbocycles. The summed E-state index contributed by atoms with van der Waals surface area (Å²) >= 11 is 0. The van der Waals surface area contributed by atoms with Crippen LogP contribution in [0.3, 0.4) is 0 Å². The highest BCUT2D eigenvalue weighted by Crippen LogP contribution is 2.23. The third kappa shape index (κ3) is 4.21. The van der Waals surface area contributed by atoms with Crippen molar-refractivity contribution in [2.24, 2.45) is 0 Å². The van der Waals surface area contributed by atoms with E-state index in [0.717, 1.165) is 37.7 Å². The minimum absolute atomic E-state index is 0.133. The number of rotatable bonds is 5. The molecule has 0 saturated heterocycles. The molecule has 0 unspecified atom stereocenters. The van der Waals surface area contributed by atoms with Gasteiger partial charge in [-0.05, 0) is 43.9 Å². The summed E-state index contributed by atoms with van der Waals surface area (Å²) in [7, 11) is -3.21. The van der Waals surface area contributed by atoms with Crippen LogP contribution in [-0.4, -0.2) is 24.8 Å². The van der Waals surface area contributed by atoms with Gasteiger partial charge in [0.2, 0.25) is 10.0 Å². The first-order valence-corrected chi connectivity index (χ1v) is 8.81. The van der Waals surface area contributed by atoms with Crippen molar-refractivity contribution < 1.29 is 13.5 Å². The Bertz CT molecular complexity index is 519. The summed E-state index contributed by atoms with van der Waals surface area (Å²) in [6.07, 6.45) is 5.36. The quantitative estimate of drug-likeness (QED) is 0.878. The van der Waals surface area contributed by atoms with Crippen molar-refractivity contribution in [3.05, 3.63) is 29.8 Å². The summed E-state index contributed by atoms with van der Waals surface area (Å²) < 4.78 is 27.4. The fourth-order valence-electron chi connectivity index (χ4n) is 2.78. The Kier molecular flexibility index (Phi) is 5.05. The number of aromatic hydroxyl groups is 1. The second kappa shape index (κ2) is 6.59. The van der Waals surface area contributed by atoms with Crippen LogP contribution in [0.5, 0.6) is 5.75 Å². The summed E-state index contributed by atoms with van der Waals surface area (Å²) in [5.74, 6) is 0.226. The van der Waals surface area contributed by atoms with Gasteiger partial charge in [0, 0.05) is 6.04 Å². The highest BCUT2D eigenvalue weighted by atomic mass is 32.2. The smallest absolute Gasteiger partial charge is 0.214 e. The number of phenolic OH excluding ortho intramolecular Hbond substituents is 1. The van der Waals surface area contributed by atoms with E-state index in [2.05, 4.69) is 4.72 Å². The fourth-order valence-corrected chi connectivity index (χ4v) is 4.57. The van der Waals surface area contributed by atoms with Gasteiger partial charge in [-0.1, -0.05) is 31.4 Å². The molecule has 1 aromatic carbocycles. The normalized spacial score (nSPS) is 18.9. The van der Waals surface area contributed by atoms with E-state index >= 15 is 0 Å². The van der Waals surface area contributed by atoms with Gasteiger partial charge >= 0.3 is 0 Å². The summed E-state index contributed by atoms with van der Waals surface area (Å²) in [4.78, 5) is 0. The molecule has 1 aromatic rings. The maximum atomic E-state index is 12.3. The molecule has 0 radical (unpaired) electrons. The number of sulfonamides is 1. The molecule has 112 valence electrons. The first-order chi connectivity index (χ1) is 9.47. The van der Waals surface area contributed by atoms with Crippen molar-refractivity contribution in [1.82, 2.24) is 4.72 Å². The molecule has 4 nitrogen and oxygen atoms in total. The average Bonchev–Trinajstić information content (AvgIpc) is 2.42. The van der Waals surface area contributed by atoms with Gasteiger partial charge in [0.15, 0.2) is 0 Å². The van der Waals surface area contributed by atoms with E-state index in [1.54, 1.807) is 12.1 Å². The molecular formula is C15H23NO3S. The van der Waals surface area contributed by atoms with Gasteiger partial charge in [0.25, 0.3) is 0 Å². The largest absolute Gasteiger partial charge is 0.508 e. The Balaban J connectivity index is 1.92. The van der Waals surface area contributed by atoms with E-state index in [4.69, 9.17) is 0 Å². The third-order valence-corrected chi connectivity index (χ3v) is 5.91. The van der Waals surface area contributed by atoms with Gasteiger partial charge in [-0.15, -0.1) is 0 Å². The molecule has 0 heterocycles. The van der Waals surface area contributed by atoms with E-state index in [1.165, 1.54) is 0 Å². The van der Waals surface area contributed by atoms with Gasteiger partial charge in [-0.3, -0.25) is 0 Å². The second-order valence-corrected chi connectivity index (χ2v) is 7.69. The predicted molar refractivity (Wildman–Crippen MR) is 80.2 cm³/mol. The average molecular weight is 297 g/mol. The molecule has 0 aliphatic heterocycles.